The number of carbonyl (C=O) groups is 1. The van der Waals surface area contributed by atoms with Crippen LogP contribution in [0, 0.1) is 0 Å². The molecule has 0 aromatic heterocycles. The van der Waals surface area contributed by atoms with E-state index in [1.165, 1.54) is 0 Å². The molecule has 4 nitrogen and oxygen atoms in total. The summed E-state index contributed by atoms with van der Waals surface area (Å²) >= 11 is 0. The summed E-state index contributed by atoms with van der Waals surface area (Å²) in [7, 11) is 0. The van der Waals surface area contributed by atoms with Crippen molar-refractivity contribution in [1.82, 2.24) is 0 Å². The summed E-state index contributed by atoms with van der Waals surface area (Å²) in [5.41, 5.74) is 4.70. The van der Waals surface area contributed by atoms with Gasteiger partial charge in [-0.3, -0.25) is 4.79 Å². The van der Waals surface area contributed by atoms with Gasteiger partial charge < -0.3 is 15.2 Å². The average molecular weight is 224 g/mol. The second-order valence-corrected chi connectivity index (χ2v) is 3.94. The highest BCUT2D eigenvalue weighted by Gasteiger charge is 2.27. The maximum Gasteiger partial charge on any atom is 0.325 e. The predicted octanol–water partition coefficient (Wildman–Crippen LogP) is 0.868. The molecule has 14 heavy (non-hydrogen) atoms. The van der Waals surface area contributed by atoms with Crippen molar-refractivity contribution < 1.29 is 14.3 Å². The van der Waals surface area contributed by atoms with E-state index in [0.29, 0.717) is 13.2 Å². The van der Waals surface area contributed by atoms with E-state index in [1.807, 2.05) is 0 Å². The molecule has 0 spiro atoms. The molecule has 0 unspecified atom stereocenters. The maximum absolute atomic E-state index is 11.3. The van der Waals surface area contributed by atoms with E-state index in [0.717, 1.165) is 12.8 Å². The van der Waals surface area contributed by atoms with Crippen LogP contribution in [0.25, 0.3) is 0 Å². The van der Waals surface area contributed by atoms with Gasteiger partial charge in [0.2, 0.25) is 0 Å². The minimum Gasteiger partial charge on any atom is -0.461 e. The van der Waals surface area contributed by atoms with Gasteiger partial charge in [-0.05, 0) is 13.8 Å². The molecular formula is C9H18ClNO3. The van der Waals surface area contributed by atoms with Crippen LogP contribution in [0.1, 0.15) is 26.7 Å². The standard InChI is InChI=1S/C9H17NO3.ClH/c1-9(2,10)8(11)13-7-3-5-12-6-4-7;/h7H,3-6,10H2,1-2H3;1H. The molecule has 1 fully saturated rings. The Morgan fingerprint density at radius 2 is 1.93 bits per heavy atom. The van der Waals surface area contributed by atoms with Crippen molar-refractivity contribution in [3.63, 3.8) is 0 Å². The lowest BCUT2D eigenvalue weighted by atomic mass is 10.1. The second kappa shape index (κ2) is 5.53. The normalized spacial score (nSPS) is 18.5. The Morgan fingerprint density at radius 1 is 1.43 bits per heavy atom. The Balaban J connectivity index is 0.00000169. The van der Waals surface area contributed by atoms with Gasteiger partial charge in [0.1, 0.15) is 11.6 Å². The molecule has 0 aromatic carbocycles. The lowest BCUT2D eigenvalue weighted by Crippen LogP contribution is -2.45. The van der Waals surface area contributed by atoms with Crippen molar-refractivity contribution in [2.45, 2.75) is 38.3 Å². The SMILES string of the molecule is CC(C)(N)C(=O)OC1CCOCC1.Cl. The lowest BCUT2D eigenvalue weighted by molar-refractivity contribution is -0.158. The van der Waals surface area contributed by atoms with Crippen molar-refractivity contribution in [2.24, 2.45) is 5.73 Å². The third-order valence-corrected chi connectivity index (χ3v) is 1.97. The van der Waals surface area contributed by atoms with Gasteiger partial charge in [0, 0.05) is 12.8 Å². The Kier molecular flexibility index (Phi) is 5.41. The van der Waals surface area contributed by atoms with Crippen LogP contribution in [-0.4, -0.2) is 30.8 Å². The molecule has 5 heteroatoms. The lowest BCUT2D eigenvalue weighted by Gasteiger charge is -2.25. The molecule has 1 aliphatic heterocycles. The summed E-state index contributed by atoms with van der Waals surface area (Å²) in [6.07, 6.45) is 1.55. The summed E-state index contributed by atoms with van der Waals surface area (Å²) in [5.74, 6) is -0.334. The van der Waals surface area contributed by atoms with Crippen molar-refractivity contribution in [2.75, 3.05) is 13.2 Å². The van der Waals surface area contributed by atoms with Crippen molar-refractivity contribution in [3.05, 3.63) is 0 Å². The molecular weight excluding hydrogens is 206 g/mol. The largest absolute Gasteiger partial charge is 0.461 e. The third kappa shape index (κ3) is 4.26. The zero-order chi connectivity index (χ0) is 9.90. The van der Waals surface area contributed by atoms with E-state index in [4.69, 9.17) is 15.2 Å². The highest BCUT2D eigenvalue weighted by molar-refractivity contribution is 5.85. The van der Waals surface area contributed by atoms with E-state index in [-0.39, 0.29) is 24.5 Å². The van der Waals surface area contributed by atoms with Crippen LogP contribution in [0.3, 0.4) is 0 Å². The number of esters is 1. The smallest absolute Gasteiger partial charge is 0.325 e. The van der Waals surface area contributed by atoms with Crippen LogP contribution in [-0.2, 0) is 14.3 Å². The third-order valence-electron chi connectivity index (χ3n) is 1.97. The number of halogens is 1. The van der Waals surface area contributed by atoms with Gasteiger partial charge in [-0.1, -0.05) is 0 Å². The van der Waals surface area contributed by atoms with Gasteiger partial charge in [-0.15, -0.1) is 12.4 Å². The Hall–Kier alpha value is -0.320. The number of hydrogen-bond acceptors (Lipinski definition) is 4. The first-order valence-electron chi connectivity index (χ1n) is 4.58. The van der Waals surface area contributed by atoms with Gasteiger partial charge >= 0.3 is 5.97 Å². The van der Waals surface area contributed by atoms with Crippen molar-refractivity contribution in [1.29, 1.82) is 0 Å². The maximum atomic E-state index is 11.3. The number of carbonyl (C=O) groups excluding carboxylic acids is 1. The number of hydrogen-bond donors (Lipinski definition) is 1. The molecule has 0 radical (unpaired) electrons. The highest BCUT2D eigenvalue weighted by Crippen LogP contribution is 2.13. The van der Waals surface area contributed by atoms with Crippen LogP contribution in [0.5, 0.6) is 0 Å². The average Bonchev–Trinajstić information content (AvgIpc) is 2.04. The van der Waals surface area contributed by atoms with Crippen molar-refractivity contribution in [3.8, 4) is 0 Å². The molecule has 1 saturated heterocycles. The topological polar surface area (TPSA) is 61.6 Å². The molecule has 84 valence electrons. The van der Waals surface area contributed by atoms with Crippen LogP contribution >= 0.6 is 12.4 Å². The quantitative estimate of drug-likeness (QED) is 0.706. The molecule has 0 aliphatic carbocycles. The van der Waals surface area contributed by atoms with Gasteiger partial charge in [0.15, 0.2) is 0 Å². The van der Waals surface area contributed by atoms with Gasteiger partial charge in [-0.2, -0.15) is 0 Å². The Bertz CT molecular complexity index is 185. The van der Waals surface area contributed by atoms with E-state index in [1.54, 1.807) is 13.8 Å². The number of nitrogens with two attached hydrogens (primary N) is 1. The molecule has 2 N–H and O–H groups in total. The summed E-state index contributed by atoms with van der Waals surface area (Å²) in [4.78, 5) is 11.3. The van der Waals surface area contributed by atoms with E-state index in [2.05, 4.69) is 0 Å². The Morgan fingerprint density at radius 3 is 2.36 bits per heavy atom. The fraction of sp³-hybridized carbons (Fsp3) is 0.889. The predicted molar refractivity (Wildman–Crippen MR) is 55.4 cm³/mol. The molecule has 1 aliphatic rings. The summed E-state index contributed by atoms with van der Waals surface area (Å²) in [6.45, 7) is 4.63. The zero-order valence-corrected chi connectivity index (χ0v) is 9.43. The van der Waals surface area contributed by atoms with E-state index in [9.17, 15) is 4.79 Å². The first kappa shape index (κ1) is 13.7. The molecule has 0 amide bonds. The van der Waals surface area contributed by atoms with E-state index >= 15 is 0 Å². The summed E-state index contributed by atoms with van der Waals surface area (Å²) in [6, 6.07) is 0. The van der Waals surface area contributed by atoms with Gasteiger partial charge in [-0.25, -0.2) is 0 Å². The minimum atomic E-state index is -0.891. The fourth-order valence-electron chi connectivity index (χ4n) is 1.10. The summed E-state index contributed by atoms with van der Waals surface area (Å²) in [5, 5.41) is 0. The van der Waals surface area contributed by atoms with Gasteiger partial charge in [0.05, 0.1) is 13.2 Å². The monoisotopic (exact) mass is 223 g/mol. The molecule has 0 bridgehead atoms. The van der Waals surface area contributed by atoms with Crippen LogP contribution in [0.2, 0.25) is 0 Å². The first-order valence-corrected chi connectivity index (χ1v) is 4.58. The summed E-state index contributed by atoms with van der Waals surface area (Å²) < 4.78 is 10.4. The zero-order valence-electron chi connectivity index (χ0n) is 8.62. The van der Waals surface area contributed by atoms with Crippen LogP contribution < -0.4 is 5.73 Å². The van der Waals surface area contributed by atoms with Gasteiger partial charge in [0.25, 0.3) is 0 Å². The number of ether oxygens (including phenoxy) is 2. The Labute approximate surface area is 90.5 Å². The second-order valence-electron chi connectivity index (χ2n) is 3.94. The van der Waals surface area contributed by atoms with Crippen LogP contribution in [0.15, 0.2) is 0 Å². The fourth-order valence-corrected chi connectivity index (χ4v) is 1.10. The molecule has 0 aromatic rings. The molecule has 0 saturated carbocycles. The van der Waals surface area contributed by atoms with Crippen molar-refractivity contribution >= 4 is 18.4 Å². The van der Waals surface area contributed by atoms with Crippen LogP contribution in [0.4, 0.5) is 0 Å². The first-order chi connectivity index (χ1) is 6.00. The highest BCUT2D eigenvalue weighted by atomic mass is 35.5. The molecule has 1 rings (SSSR count). The molecule has 1 heterocycles. The van der Waals surface area contributed by atoms with E-state index < -0.39 is 5.54 Å². The minimum absolute atomic E-state index is 0. The number of rotatable bonds is 2. The molecule has 0 atom stereocenters.